The number of carbonyl (C=O) groups is 1. The van der Waals surface area contributed by atoms with E-state index in [9.17, 15) is 9.90 Å². The molecule has 1 N–H and O–H groups in total. The number of ether oxygens (including phenoxy) is 1. The Bertz CT molecular complexity index is 452. The molecule has 0 saturated carbocycles. The van der Waals surface area contributed by atoms with E-state index in [0.29, 0.717) is 24.5 Å². The molecule has 2 atom stereocenters. The van der Waals surface area contributed by atoms with Crippen molar-refractivity contribution in [1.29, 1.82) is 0 Å². The zero-order valence-electron chi connectivity index (χ0n) is 10.9. The van der Waals surface area contributed by atoms with Crippen molar-refractivity contribution < 1.29 is 14.6 Å². The molecule has 0 aromatic carbocycles. The van der Waals surface area contributed by atoms with Gasteiger partial charge in [-0.15, -0.1) is 0 Å². The van der Waals surface area contributed by atoms with Crippen LogP contribution in [0.4, 0.5) is 5.82 Å². The topological polar surface area (TPSA) is 62.7 Å². The zero-order valence-corrected chi connectivity index (χ0v) is 10.9. The molecule has 1 fully saturated rings. The first-order valence-corrected chi connectivity index (χ1v) is 6.08. The first-order valence-electron chi connectivity index (χ1n) is 6.08. The minimum atomic E-state index is -0.928. The maximum atomic E-state index is 11.4. The Labute approximate surface area is 106 Å². The minimum Gasteiger partial charge on any atom is -0.478 e. The predicted octanol–water partition coefficient (Wildman–Crippen LogP) is 1.70. The summed E-state index contributed by atoms with van der Waals surface area (Å²) in [5, 5.41) is 9.31. The highest BCUT2D eigenvalue weighted by Crippen LogP contribution is 2.24. The average Bonchev–Trinajstić information content (AvgIpc) is 2.26. The van der Waals surface area contributed by atoms with Gasteiger partial charge in [0.05, 0.1) is 12.2 Å². The number of aryl methyl sites for hydroxylation is 1. The Morgan fingerprint density at radius 3 is 2.61 bits per heavy atom. The van der Waals surface area contributed by atoms with Crippen LogP contribution in [-0.2, 0) is 4.74 Å². The van der Waals surface area contributed by atoms with Gasteiger partial charge in [-0.1, -0.05) is 0 Å². The van der Waals surface area contributed by atoms with Crippen molar-refractivity contribution >= 4 is 11.8 Å². The van der Waals surface area contributed by atoms with Crippen LogP contribution in [0.15, 0.2) is 12.3 Å². The van der Waals surface area contributed by atoms with Gasteiger partial charge in [0.25, 0.3) is 0 Å². The molecule has 98 valence electrons. The molecule has 2 rings (SSSR count). The molecule has 1 saturated heterocycles. The molecular formula is C13H18N2O3. The van der Waals surface area contributed by atoms with Gasteiger partial charge in [-0.25, -0.2) is 9.78 Å². The van der Waals surface area contributed by atoms with E-state index in [-0.39, 0.29) is 12.2 Å². The summed E-state index contributed by atoms with van der Waals surface area (Å²) in [6.45, 7) is 7.10. The van der Waals surface area contributed by atoms with Gasteiger partial charge < -0.3 is 14.7 Å². The van der Waals surface area contributed by atoms with Crippen LogP contribution in [0.25, 0.3) is 0 Å². The van der Waals surface area contributed by atoms with E-state index in [0.717, 1.165) is 5.56 Å². The highest BCUT2D eigenvalue weighted by Gasteiger charge is 2.27. The summed E-state index contributed by atoms with van der Waals surface area (Å²) in [4.78, 5) is 17.6. The third kappa shape index (κ3) is 2.46. The second-order valence-electron chi connectivity index (χ2n) is 4.79. The van der Waals surface area contributed by atoms with Gasteiger partial charge in [0.15, 0.2) is 0 Å². The van der Waals surface area contributed by atoms with Gasteiger partial charge >= 0.3 is 5.97 Å². The SMILES string of the molecule is Cc1ccnc(N2C[C@@H](C)O[C@@H](C)C2)c1C(=O)O. The number of carboxylic acid groups (broad SMARTS) is 1. The van der Waals surface area contributed by atoms with Crippen LogP contribution >= 0.6 is 0 Å². The van der Waals surface area contributed by atoms with Crippen molar-refractivity contribution in [3.05, 3.63) is 23.4 Å². The molecule has 1 aromatic rings. The van der Waals surface area contributed by atoms with Crippen molar-refractivity contribution in [3.8, 4) is 0 Å². The number of nitrogens with zero attached hydrogens (tertiary/aromatic N) is 2. The summed E-state index contributed by atoms with van der Waals surface area (Å²) in [5.74, 6) is -0.383. The van der Waals surface area contributed by atoms with E-state index in [1.54, 1.807) is 19.2 Å². The number of rotatable bonds is 2. The third-order valence-corrected chi connectivity index (χ3v) is 3.07. The summed E-state index contributed by atoms with van der Waals surface area (Å²) in [7, 11) is 0. The molecule has 0 amide bonds. The summed E-state index contributed by atoms with van der Waals surface area (Å²) in [6, 6.07) is 1.72. The Hall–Kier alpha value is -1.62. The van der Waals surface area contributed by atoms with Crippen LogP contribution < -0.4 is 4.90 Å². The largest absolute Gasteiger partial charge is 0.478 e. The Kier molecular flexibility index (Phi) is 3.52. The second kappa shape index (κ2) is 4.94. The monoisotopic (exact) mass is 250 g/mol. The summed E-state index contributed by atoms with van der Waals surface area (Å²) < 4.78 is 5.65. The van der Waals surface area contributed by atoms with Crippen LogP contribution in [0.1, 0.15) is 29.8 Å². The maximum Gasteiger partial charge on any atom is 0.339 e. The number of morpholine rings is 1. The zero-order chi connectivity index (χ0) is 13.3. The van der Waals surface area contributed by atoms with Crippen molar-refractivity contribution in [3.63, 3.8) is 0 Å². The molecule has 0 aliphatic carbocycles. The fourth-order valence-electron chi connectivity index (χ4n) is 2.40. The maximum absolute atomic E-state index is 11.4. The lowest BCUT2D eigenvalue weighted by molar-refractivity contribution is -0.00557. The molecule has 0 radical (unpaired) electrons. The van der Waals surface area contributed by atoms with Gasteiger partial charge in [0.2, 0.25) is 0 Å². The van der Waals surface area contributed by atoms with Crippen LogP contribution in [0.5, 0.6) is 0 Å². The molecule has 5 nitrogen and oxygen atoms in total. The highest BCUT2D eigenvalue weighted by atomic mass is 16.5. The summed E-state index contributed by atoms with van der Waals surface area (Å²) >= 11 is 0. The summed E-state index contributed by atoms with van der Waals surface area (Å²) in [5.41, 5.74) is 1.03. The molecule has 0 unspecified atom stereocenters. The van der Waals surface area contributed by atoms with Crippen LogP contribution in [-0.4, -0.2) is 41.4 Å². The molecule has 5 heteroatoms. The van der Waals surface area contributed by atoms with E-state index < -0.39 is 5.97 Å². The van der Waals surface area contributed by atoms with E-state index in [1.165, 1.54) is 0 Å². The van der Waals surface area contributed by atoms with Crippen LogP contribution in [0, 0.1) is 6.92 Å². The molecule has 1 aliphatic heterocycles. The third-order valence-electron chi connectivity index (χ3n) is 3.07. The average molecular weight is 250 g/mol. The number of pyridine rings is 1. The fourth-order valence-corrected chi connectivity index (χ4v) is 2.40. The number of carboxylic acids is 1. The molecule has 0 bridgehead atoms. The van der Waals surface area contributed by atoms with Crippen molar-refractivity contribution in [2.45, 2.75) is 33.0 Å². The Balaban J connectivity index is 2.38. The van der Waals surface area contributed by atoms with Gasteiger partial charge in [-0.05, 0) is 32.4 Å². The molecule has 0 spiro atoms. The normalized spacial score (nSPS) is 24.1. The van der Waals surface area contributed by atoms with E-state index in [1.807, 2.05) is 18.7 Å². The van der Waals surface area contributed by atoms with Gasteiger partial charge in [-0.2, -0.15) is 0 Å². The quantitative estimate of drug-likeness (QED) is 0.865. The van der Waals surface area contributed by atoms with Crippen LogP contribution in [0.3, 0.4) is 0 Å². The first-order chi connectivity index (χ1) is 8.49. The Morgan fingerprint density at radius 2 is 2.06 bits per heavy atom. The Morgan fingerprint density at radius 1 is 1.44 bits per heavy atom. The number of hydrogen-bond donors (Lipinski definition) is 1. The van der Waals surface area contributed by atoms with Crippen molar-refractivity contribution in [1.82, 2.24) is 4.98 Å². The van der Waals surface area contributed by atoms with Crippen LogP contribution in [0.2, 0.25) is 0 Å². The van der Waals surface area contributed by atoms with E-state index in [4.69, 9.17) is 4.74 Å². The molecular weight excluding hydrogens is 232 g/mol. The second-order valence-corrected chi connectivity index (χ2v) is 4.79. The lowest BCUT2D eigenvalue weighted by atomic mass is 10.1. The number of hydrogen-bond acceptors (Lipinski definition) is 4. The molecule has 2 heterocycles. The van der Waals surface area contributed by atoms with E-state index >= 15 is 0 Å². The van der Waals surface area contributed by atoms with Gasteiger partial charge in [-0.3, -0.25) is 0 Å². The standard InChI is InChI=1S/C13H18N2O3/c1-8-4-5-14-12(11(8)13(16)17)15-6-9(2)18-10(3)7-15/h4-5,9-10H,6-7H2,1-3H3,(H,16,17)/t9-,10+. The summed E-state index contributed by atoms with van der Waals surface area (Å²) in [6.07, 6.45) is 1.82. The number of anilines is 1. The van der Waals surface area contributed by atoms with E-state index in [2.05, 4.69) is 4.98 Å². The minimum absolute atomic E-state index is 0.0812. The highest BCUT2D eigenvalue weighted by molar-refractivity contribution is 5.95. The number of aromatic carboxylic acids is 1. The van der Waals surface area contributed by atoms with Gasteiger partial charge in [0.1, 0.15) is 11.4 Å². The lowest BCUT2D eigenvalue weighted by Gasteiger charge is -2.36. The van der Waals surface area contributed by atoms with Crippen molar-refractivity contribution in [2.24, 2.45) is 0 Å². The molecule has 1 aliphatic rings. The predicted molar refractivity (Wildman–Crippen MR) is 68.2 cm³/mol. The first kappa shape index (κ1) is 12.8. The lowest BCUT2D eigenvalue weighted by Crippen LogP contribution is -2.46. The smallest absolute Gasteiger partial charge is 0.339 e. The molecule has 1 aromatic heterocycles. The van der Waals surface area contributed by atoms with Crippen molar-refractivity contribution in [2.75, 3.05) is 18.0 Å². The molecule has 18 heavy (non-hydrogen) atoms. The van der Waals surface area contributed by atoms with Gasteiger partial charge in [0, 0.05) is 19.3 Å². The number of aromatic nitrogens is 1. The fraction of sp³-hybridized carbons (Fsp3) is 0.538.